The number of hydrogen-bond donors (Lipinski definition) is 0. The molecule has 7 aliphatic rings. The summed E-state index contributed by atoms with van der Waals surface area (Å²) in [6.07, 6.45) is 56.9. The van der Waals surface area contributed by atoms with Crippen LogP contribution in [0.2, 0.25) is 0 Å². The molecule has 0 bridgehead atoms. The van der Waals surface area contributed by atoms with E-state index in [4.69, 9.17) is 61.6 Å². The number of rotatable bonds is 39. The Morgan fingerprint density at radius 3 is 0.646 bits per heavy atom. The van der Waals surface area contributed by atoms with Gasteiger partial charge in [0, 0.05) is 50.1 Å². The third-order valence-corrected chi connectivity index (χ3v) is 35.2. The molecule has 0 radical (unpaired) electrons. The molecular weight excluding hydrogens is 1820 g/mol. The minimum absolute atomic E-state index is 0.00702. The van der Waals surface area contributed by atoms with E-state index in [9.17, 15) is 43.2 Å². The number of hydrogen-bond acceptors (Lipinski definition) is 22. The summed E-state index contributed by atoms with van der Waals surface area (Å²) in [5, 5.41) is 0. The van der Waals surface area contributed by atoms with Gasteiger partial charge in [0.2, 0.25) is 0 Å². The molecule has 0 amide bonds. The van der Waals surface area contributed by atoms with Gasteiger partial charge in [0.1, 0.15) is 45.8 Å². The molecule has 0 spiro atoms. The van der Waals surface area contributed by atoms with E-state index >= 15 is 0 Å². The van der Waals surface area contributed by atoms with Crippen LogP contribution < -0.4 is 0 Å². The van der Waals surface area contributed by atoms with E-state index in [1.54, 1.807) is 42.3 Å². The second-order valence-corrected chi connectivity index (χ2v) is 51.8. The van der Waals surface area contributed by atoms with Crippen molar-refractivity contribution in [2.45, 2.75) is 601 Å². The zero-order valence-corrected chi connectivity index (χ0v) is 100. The van der Waals surface area contributed by atoms with Crippen LogP contribution in [0.3, 0.4) is 0 Å². The van der Waals surface area contributed by atoms with Crippen LogP contribution in [-0.2, 0) is 105 Å². The van der Waals surface area contributed by atoms with Crippen molar-refractivity contribution in [2.24, 2.45) is 59.6 Å². The second kappa shape index (κ2) is 63.5. The van der Waals surface area contributed by atoms with Gasteiger partial charge in [0.15, 0.2) is 6.61 Å². The van der Waals surface area contributed by atoms with Crippen LogP contribution >= 0.6 is 0 Å². The fourth-order valence-electron chi connectivity index (χ4n) is 20.2. The van der Waals surface area contributed by atoms with E-state index in [0.29, 0.717) is 39.3 Å². The van der Waals surface area contributed by atoms with E-state index in [-0.39, 0.29) is 133 Å². The first-order valence-corrected chi connectivity index (χ1v) is 57.8. The number of carbonyl (C=O) groups is 9. The van der Waals surface area contributed by atoms with E-state index in [1.807, 2.05) is 111 Å². The molecule has 144 heavy (non-hydrogen) atoms. The topological polar surface area (TPSA) is 274 Å². The molecule has 0 heterocycles. The zero-order chi connectivity index (χ0) is 110. The summed E-state index contributed by atoms with van der Waals surface area (Å²) in [6.45, 7) is 66.6. The highest BCUT2D eigenvalue weighted by Gasteiger charge is 2.56. The van der Waals surface area contributed by atoms with Gasteiger partial charge < -0.3 is 61.6 Å². The Morgan fingerprint density at radius 1 is 0.215 bits per heavy atom. The zero-order valence-electron chi connectivity index (χ0n) is 100. The predicted molar refractivity (Wildman–Crippen MR) is 584 cm³/mol. The van der Waals surface area contributed by atoms with Crippen LogP contribution in [0.4, 0.5) is 0 Å². The van der Waals surface area contributed by atoms with Crippen molar-refractivity contribution in [3.8, 4) is 0 Å². The molecule has 7 rings (SSSR count). The number of methoxy groups -OCH3 is 4. The highest BCUT2D eigenvalue weighted by molar-refractivity contribution is 5.81. The summed E-state index contributed by atoms with van der Waals surface area (Å²) in [5.74, 6) is -1.59. The van der Waals surface area contributed by atoms with Crippen LogP contribution in [0.5, 0.6) is 0 Å². The van der Waals surface area contributed by atoms with Crippen LogP contribution in [0.15, 0.2) is 0 Å². The molecule has 0 aromatic rings. The molecule has 0 atom stereocenters. The molecule has 0 saturated heterocycles. The van der Waals surface area contributed by atoms with Gasteiger partial charge >= 0.3 is 53.7 Å². The minimum Gasteiger partial charge on any atom is -0.465 e. The Labute approximate surface area is 882 Å². The first-order valence-electron chi connectivity index (χ1n) is 57.8. The van der Waals surface area contributed by atoms with Crippen molar-refractivity contribution in [3.05, 3.63) is 0 Å². The van der Waals surface area contributed by atoms with E-state index in [2.05, 4.69) is 96.9 Å². The number of esters is 9. The average molecular weight is 2050 g/mol. The van der Waals surface area contributed by atoms with Crippen molar-refractivity contribution in [2.75, 3.05) is 68.1 Å². The lowest BCUT2D eigenvalue weighted by atomic mass is 9.67. The standard InChI is InChI=1S/C19H34O5.C19H36O2.C18H32O5.C17H32O3.C17H32O2.C16H30O3.C16H30O2/c1-7-17(2,3)16(21)23-13-10-15(20)24-19(11-8-9-12-19)18(4,5)14-22-6;1-5-18(2,3)17(20)21-19(4)15-13-11-9-7-6-8-10-12-14-16-19;1-7-16(2,3)15(20)22-12-14(19)23-18(10-8-9-11-18)17(4,5)13-21-6;1-7-15(2,3)14(18)20-17(11-9-8-10-12-17)16(4,5)13-19-6;1-5-16(2,3)15(18)19-17(4)13-11-9-7-6-8-10-12-14-17;1-7-14(2,3)13(17)19-16(10-8-9-11-16)15(4,5)12-18-6;1-5-15(3,4)14(17)18-16(6-2)12-10-8-7-9-11-13-16/h7-14H2,1-6H3;5-16H2,1-4H3;7-13H2,1-6H3;7-13H2,1-6H3;5-14H2,1-4H3;7-12H2,1-6H3;5-13H2,1-4H3. The van der Waals surface area contributed by atoms with Gasteiger partial charge in [-0.1, -0.05) is 214 Å². The van der Waals surface area contributed by atoms with E-state index < -0.39 is 38.8 Å². The molecule has 7 fully saturated rings. The summed E-state index contributed by atoms with van der Waals surface area (Å²) in [7, 11) is 6.75. The summed E-state index contributed by atoms with van der Waals surface area (Å²) in [6, 6.07) is 0. The lowest BCUT2D eigenvalue weighted by Crippen LogP contribution is -2.53. The fourth-order valence-corrected chi connectivity index (χ4v) is 20.2. The molecule has 846 valence electrons. The Kier molecular flexibility index (Phi) is 60.5. The molecule has 7 aliphatic carbocycles. The van der Waals surface area contributed by atoms with Gasteiger partial charge in [0.25, 0.3) is 0 Å². The van der Waals surface area contributed by atoms with Gasteiger partial charge in [0.05, 0.1) is 70.8 Å². The van der Waals surface area contributed by atoms with Crippen molar-refractivity contribution >= 4 is 53.7 Å². The largest absolute Gasteiger partial charge is 0.465 e. The molecule has 0 aromatic carbocycles. The Bertz CT molecular complexity index is 3620. The maximum Gasteiger partial charge on any atom is 0.344 e. The number of carbonyl (C=O) groups excluding carboxylic acids is 9. The fraction of sp³-hybridized carbons (Fsp3) is 0.926. The van der Waals surface area contributed by atoms with Crippen molar-refractivity contribution < 1.29 is 105 Å². The van der Waals surface area contributed by atoms with Gasteiger partial charge in [-0.05, 0) is 342 Å². The minimum atomic E-state index is -0.583. The van der Waals surface area contributed by atoms with E-state index in [0.717, 1.165) is 180 Å². The Hall–Kier alpha value is -4.93. The van der Waals surface area contributed by atoms with E-state index in [1.165, 1.54) is 141 Å². The second-order valence-electron chi connectivity index (χ2n) is 51.8. The summed E-state index contributed by atoms with van der Waals surface area (Å²) in [4.78, 5) is 110. The van der Waals surface area contributed by atoms with Crippen molar-refractivity contribution in [1.29, 1.82) is 0 Å². The van der Waals surface area contributed by atoms with Gasteiger partial charge in [-0.15, -0.1) is 0 Å². The maximum absolute atomic E-state index is 12.6. The molecular formula is C122H226O22. The molecule has 0 aromatic heterocycles. The molecule has 0 N–H and O–H groups in total. The van der Waals surface area contributed by atoms with Gasteiger partial charge in [-0.25, -0.2) is 4.79 Å². The van der Waals surface area contributed by atoms with Gasteiger partial charge in [-0.2, -0.15) is 0 Å². The lowest BCUT2D eigenvalue weighted by molar-refractivity contribution is -0.197. The summed E-state index contributed by atoms with van der Waals surface area (Å²) < 4.78 is 73.6. The third kappa shape index (κ3) is 44.8. The first kappa shape index (κ1) is 137. The number of ether oxygens (including phenoxy) is 13. The molecule has 22 heteroatoms. The van der Waals surface area contributed by atoms with Crippen molar-refractivity contribution in [3.63, 3.8) is 0 Å². The highest BCUT2D eigenvalue weighted by Crippen LogP contribution is 2.53. The summed E-state index contributed by atoms with van der Waals surface area (Å²) >= 11 is 0. The molecule has 0 unspecified atom stereocenters. The van der Waals surface area contributed by atoms with Gasteiger partial charge in [-0.3, -0.25) is 38.4 Å². The SMILES string of the molecule is CCC(C)(C)C(=O)OC1(C(C)(C)COC)CCCC1.CCC(C)(C)C(=O)OC1(C(C)(C)COC)CCCCC1.CCC(C)(C)C(=O)OC1(C)CCCCCCCCC1.CCC(C)(C)C(=O)OC1(C)CCCCCCCCCCC1.CCC(C)(C)C(=O)OCC(=O)OC1(C(C)(C)COC)CCCC1.CCC(C)(C)C(=O)OCCC(=O)OC1(C(C)(C)COC)CCCC1.CCC1(OC(=O)C(C)(C)CC)CCCCCCC1. The van der Waals surface area contributed by atoms with Crippen LogP contribution in [-0.4, -0.2) is 161 Å². The Balaban J connectivity index is 0.000000842. The lowest BCUT2D eigenvalue weighted by Gasteiger charge is -2.49. The Morgan fingerprint density at radius 2 is 0.403 bits per heavy atom. The monoisotopic (exact) mass is 2040 g/mol. The molecule has 22 nitrogen and oxygen atoms in total. The molecule has 7 saturated carbocycles. The smallest absolute Gasteiger partial charge is 0.344 e. The highest BCUT2D eigenvalue weighted by atomic mass is 16.6. The summed E-state index contributed by atoms with van der Waals surface area (Å²) in [5.41, 5.74) is -6.17. The average Bonchev–Trinajstić information content (AvgIpc) is 1.76. The molecule has 0 aliphatic heterocycles. The third-order valence-electron chi connectivity index (χ3n) is 35.2. The predicted octanol–water partition coefficient (Wildman–Crippen LogP) is 31.8. The quantitative estimate of drug-likeness (QED) is 0.0408. The normalized spacial score (nSPS) is 19.8. The van der Waals surface area contributed by atoms with Crippen LogP contribution in [0.1, 0.15) is 562 Å². The first-order chi connectivity index (χ1) is 66.9. The van der Waals surface area contributed by atoms with Crippen LogP contribution in [0.25, 0.3) is 0 Å². The van der Waals surface area contributed by atoms with Crippen LogP contribution in [0, 0.1) is 59.6 Å². The maximum atomic E-state index is 12.6. The van der Waals surface area contributed by atoms with Crippen molar-refractivity contribution in [1.82, 2.24) is 0 Å².